The fourth-order valence-electron chi connectivity index (χ4n) is 8.73. The highest BCUT2D eigenvalue weighted by Gasteiger charge is 2.54. The lowest BCUT2D eigenvalue weighted by atomic mass is 10.0. The van der Waals surface area contributed by atoms with Crippen LogP contribution < -0.4 is 19.8 Å². The number of sulfonamides is 1. The van der Waals surface area contributed by atoms with Gasteiger partial charge in [0.25, 0.3) is 8.32 Å². The maximum absolute atomic E-state index is 15.7. The van der Waals surface area contributed by atoms with E-state index in [-0.39, 0.29) is 18.2 Å². The van der Waals surface area contributed by atoms with Crippen molar-refractivity contribution in [2.24, 2.45) is 0 Å². The molecule has 0 bridgehead atoms. The van der Waals surface area contributed by atoms with Crippen LogP contribution in [-0.4, -0.2) is 50.2 Å². The fraction of sp³-hybridized carbons (Fsp3) is 0.275. The molecule has 0 unspecified atom stereocenters. The van der Waals surface area contributed by atoms with Gasteiger partial charge in [-0.2, -0.15) is 4.31 Å². The van der Waals surface area contributed by atoms with E-state index in [9.17, 15) is 5.11 Å². The Morgan fingerprint density at radius 3 is 1.81 bits per heavy atom. The Bertz CT molecular complexity index is 2530. The van der Waals surface area contributed by atoms with Crippen molar-refractivity contribution in [3.05, 3.63) is 185 Å². The van der Waals surface area contributed by atoms with E-state index in [2.05, 4.69) is 20.8 Å². The van der Waals surface area contributed by atoms with Crippen molar-refractivity contribution in [2.45, 2.75) is 88.4 Å². The van der Waals surface area contributed by atoms with Crippen LogP contribution in [0.25, 0.3) is 0 Å². The Hall–Kier alpha value is -5.01. The summed E-state index contributed by atoms with van der Waals surface area (Å²) in [4.78, 5) is 15.9. The molecule has 62 heavy (non-hydrogen) atoms. The molecule has 6 aromatic rings. The van der Waals surface area contributed by atoms with Gasteiger partial charge in [-0.15, -0.1) is 0 Å². The van der Waals surface area contributed by atoms with E-state index in [1.165, 1.54) is 4.31 Å². The molecule has 11 heteroatoms. The molecule has 8 nitrogen and oxygen atoms in total. The van der Waals surface area contributed by atoms with Gasteiger partial charge in [-0.1, -0.05) is 178 Å². The maximum atomic E-state index is 15.7. The highest BCUT2D eigenvalue weighted by Crippen LogP contribution is 2.45. The normalized spacial score (nSPS) is 14.9. The van der Waals surface area contributed by atoms with E-state index < -0.39 is 52.0 Å². The summed E-state index contributed by atoms with van der Waals surface area (Å²) in [7, 11) is -7.63. The van der Waals surface area contributed by atoms with Crippen LogP contribution in [0.1, 0.15) is 72.4 Å². The van der Waals surface area contributed by atoms with E-state index in [1.54, 1.807) is 18.2 Å². The van der Waals surface area contributed by atoms with Gasteiger partial charge in [-0.05, 0) is 83.1 Å². The minimum absolute atomic E-state index is 0.0479. The lowest BCUT2D eigenvalue weighted by Crippen LogP contribution is -2.68. The van der Waals surface area contributed by atoms with Gasteiger partial charge in [0, 0.05) is 12.6 Å². The number of ether oxygens (including phenoxy) is 2. The first kappa shape index (κ1) is 45.0. The quantitative estimate of drug-likeness (QED) is 0.102. The number of rotatable bonds is 15. The summed E-state index contributed by atoms with van der Waals surface area (Å²) in [6.07, 6.45) is -2.86. The van der Waals surface area contributed by atoms with Crippen LogP contribution in [0, 0.1) is 20.8 Å². The fourth-order valence-corrected chi connectivity index (χ4v) is 16.8. The molecule has 0 fully saturated rings. The lowest BCUT2D eigenvalue weighted by Gasteiger charge is -2.45. The Balaban J connectivity index is 1.38. The number of carbonyl (C=O) groups is 1. The Morgan fingerprint density at radius 2 is 1.26 bits per heavy atom. The molecule has 0 spiro atoms. The minimum Gasteiger partial charge on any atom is -0.454 e. The molecular weight excluding hydrogens is 831 g/mol. The first-order valence-corrected chi connectivity index (χ1v) is 25.1. The Kier molecular flexibility index (Phi) is 13.6. The van der Waals surface area contributed by atoms with Gasteiger partial charge in [0.05, 0.1) is 10.1 Å². The topological polar surface area (TPSA) is 102 Å². The second-order valence-corrected chi connectivity index (χ2v) is 24.3. The number of aliphatic hydroxyl groups is 1. The Labute approximate surface area is 372 Å². The predicted octanol–water partition coefficient (Wildman–Crippen LogP) is 9.60. The molecule has 7 rings (SSSR count). The van der Waals surface area contributed by atoms with Crippen molar-refractivity contribution < 1.29 is 32.2 Å². The van der Waals surface area contributed by atoms with E-state index in [1.807, 2.05) is 161 Å². The van der Waals surface area contributed by atoms with Gasteiger partial charge in [0.15, 0.2) is 11.5 Å². The smallest absolute Gasteiger partial charge is 0.262 e. The van der Waals surface area contributed by atoms with Gasteiger partial charge in [0.1, 0.15) is 12.2 Å². The summed E-state index contributed by atoms with van der Waals surface area (Å²) in [5.41, 5.74) is 4.26. The molecule has 0 aliphatic carbocycles. The van der Waals surface area contributed by atoms with Crippen LogP contribution in [0.15, 0.2) is 157 Å². The zero-order valence-corrected chi connectivity index (χ0v) is 39.0. The monoisotopic (exact) mass is 885 g/mol. The highest BCUT2D eigenvalue weighted by molar-refractivity contribution is 8.14. The highest BCUT2D eigenvalue weighted by atomic mass is 32.2. The summed E-state index contributed by atoms with van der Waals surface area (Å²) in [6.45, 7) is 14.0. The van der Waals surface area contributed by atoms with Crippen molar-refractivity contribution in [3.63, 3.8) is 0 Å². The van der Waals surface area contributed by atoms with E-state index >= 15 is 13.2 Å². The molecule has 0 amide bonds. The van der Waals surface area contributed by atoms with Crippen LogP contribution in [0.4, 0.5) is 0 Å². The molecule has 0 saturated carbocycles. The van der Waals surface area contributed by atoms with Crippen LogP contribution in [0.5, 0.6) is 11.5 Å². The molecule has 1 aliphatic heterocycles. The van der Waals surface area contributed by atoms with Crippen molar-refractivity contribution >= 4 is 45.6 Å². The van der Waals surface area contributed by atoms with E-state index in [0.717, 1.165) is 38.8 Å². The van der Waals surface area contributed by atoms with Gasteiger partial charge >= 0.3 is 0 Å². The third-order valence-electron chi connectivity index (χ3n) is 11.6. The second kappa shape index (κ2) is 18.8. The zero-order chi connectivity index (χ0) is 44.2. The summed E-state index contributed by atoms with van der Waals surface area (Å²) in [5.74, 6) is 1.01. The minimum atomic E-state index is -4.16. The first-order valence-electron chi connectivity index (χ1n) is 20.9. The van der Waals surface area contributed by atoms with Crippen LogP contribution in [0.3, 0.4) is 0 Å². The Morgan fingerprint density at radius 1 is 0.742 bits per heavy atom. The summed E-state index contributed by atoms with van der Waals surface area (Å²) in [5, 5.41) is 12.8. The predicted molar refractivity (Wildman–Crippen MR) is 251 cm³/mol. The maximum Gasteiger partial charge on any atom is 0.262 e. The van der Waals surface area contributed by atoms with Crippen LogP contribution in [-0.2, 0) is 25.8 Å². The van der Waals surface area contributed by atoms with Crippen molar-refractivity contribution in [1.29, 1.82) is 0 Å². The number of hydrogen-bond donors (Lipinski definition) is 1. The number of aryl methyl sites for hydroxylation is 3. The molecule has 1 aliphatic rings. The third kappa shape index (κ3) is 9.20. The number of thioether (sulfide) groups is 1. The summed E-state index contributed by atoms with van der Waals surface area (Å²) in [6, 6.07) is 47.2. The third-order valence-corrected chi connectivity index (χ3v) is 20.2. The van der Waals surface area contributed by atoms with Crippen LogP contribution >= 0.6 is 11.8 Å². The van der Waals surface area contributed by atoms with Crippen molar-refractivity contribution in [3.8, 4) is 11.5 Å². The molecular formula is C51H55NO7S2Si. The SMILES string of the molecule is Cc1cc(C)c(S(=O)(=O)N(Cc2ccccc2)[C@H](C)[C@@H](SC(=O)[C@@H](O[Si](c2ccccc2)(c2ccccc2)C(C)(C)C)[C@@H](O)c2ccc3c(c2)OCO3)c2ccccc2)c(C)c1. The van der Waals surface area contributed by atoms with Gasteiger partial charge < -0.3 is 19.0 Å². The number of carbonyl (C=O) groups excluding carboxylic acids is 1. The number of aliphatic hydroxyl groups excluding tert-OH is 1. The summed E-state index contributed by atoms with van der Waals surface area (Å²) >= 11 is 1.00. The molecule has 322 valence electrons. The molecule has 0 saturated heterocycles. The van der Waals surface area contributed by atoms with Crippen molar-refractivity contribution in [2.75, 3.05) is 6.79 Å². The van der Waals surface area contributed by atoms with E-state index in [0.29, 0.717) is 28.2 Å². The first-order chi connectivity index (χ1) is 29.6. The largest absolute Gasteiger partial charge is 0.454 e. The molecule has 1 heterocycles. The molecule has 6 aromatic carbocycles. The summed E-state index contributed by atoms with van der Waals surface area (Å²) < 4.78 is 50.9. The number of fused-ring (bicyclic) bond motifs is 1. The average Bonchev–Trinajstić information content (AvgIpc) is 3.73. The molecule has 0 aromatic heterocycles. The number of hydrogen-bond acceptors (Lipinski definition) is 8. The average molecular weight is 886 g/mol. The number of nitrogens with zero attached hydrogens (tertiary/aromatic N) is 1. The molecule has 1 N–H and O–H groups in total. The second-order valence-electron chi connectivity index (χ2n) is 17.0. The molecule has 0 radical (unpaired) electrons. The van der Waals surface area contributed by atoms with Gasteiger partial charge in [-0.25, -0.2) is 8.42 Å². The lowest BCUT2D eigenvalue weighted by molar-refractivity contribution is -0.122. The molecule has 4 atom stereocenters. The van der Waals surface area contributed by atoms with Gasteiger partial charge in [0.2, 0.25) is 21.9 Å². The van der Waals surface area contributed by atoms with E-state index in [4.69, 9.17) is 13.9 Å². The standard InChI is InChI=1S/C51H55NO7S2Si/c1-35-30-36(2)49(37(3)31-35)61(55,56)52(33-39-20-12-8-13-21-39)38(4)48(40-22-14-9-15-23-40)60-50(54)47(46(53)41-28-29-44-45(32-41)58-34-57-44)59-62(51(5,6)7,42-24-16-10-17-25-42)43-26-18-11-19-27-43/h8-32,38,46-48,53H,33-34H2,1-7H3/t38-,46+,47+,48-/m1/s1. The van der Waals surface area contributed by atoms with Gasteiger partial charge in [-0.3, -0.25) is 4.79 Å². The van der Waals surface area contributed by atoms with Crippen molar-refractivity contribution in [1.82, 2.24) is 4.31 Å². The van der Waals surface area contributed by atoms with Crippen LogP contribution in [0.2, 0.25) is 5.04 Å². The number of benzene rings is 6. The zero-order valence-electron chi connectivity index (χ0n) is 36.3.